The summed E-state index contributed by atoms with van der Waals surface area (Å²) < 4.78 is 0. The summed E-state index contributed by atoms with van der Waals surface area (Å²) in [4.78, 5) is 17.7. The molecule has 0 aliphatic heterocycles. The van der Waals surface area contributed by atoms with Crippen LogP contribution in [0.1, 0.15) is 5.56 Å². The number of nitrogens with one attached hydrogen (secondary N) is 2. The maximum absolute atomic E-state index is 10.9. The van der Waals surface area contributed by atoms with Crippen LogP contribution in [-0.4, -0.2) is 21.4 Å². The number of benzene rings is 1. The molecule has 6 nitrogen and oxygen atoms in total. The van der Waals surface area contributed by atoms with E-state index in [1.165, 1.54) is 12.3 Å². The number of aromatic nitrogens is 2. The first-order chi connectivity index (χ1) is 10.6. The smallest absolute Gasteiger partial charge is 0.311 e. The van der Waals surface area contributed by atoms with Crippen molar-refractivity contribution in [3.05, 3.63) is 63.4 Å². The molecule has 0 bridgehead atoms. The van der Waals surface area contributed by atoms with E-state index in [-0.39, 0.29) is 11.5 Å². The van der Waals surface area contributed by atoms with Crippen LogP contribution in [0.4, 0.5) is 11.5 Å². The highest BCUT2D eigenvalue weighted by molar-refractivity contribution is 6.31. The summed E-state index contributed by atoms with van der Waals surface area (Å²) in [5.41, 5.74) is 2.09. The molecule has 1 aromatic carbocycles. The quantitative estimate of drug-likeness (QED) is 0.554. The molecule has 0 aliphatic rings. The van der Waals surface area contributed by atoms with Gasteiger partial charge in [0.2, 0.25) is 5.82 Å². The minimum atomic E-state index is -0.444. The molecule has 2 N–H and O–H groups in total. The van der Waals surface area contributed by atoms with Gasteiger partial charge in [0, 0.05) is 40.9 Å². The number of pyridine rings is 1. The molecule has 0 unspecified atom stereocenters. The van der Waals surface area contributed by atoms with Gasteiger partial charge in [-0.05, 0) is 36.2 Å². The topological polar surface area (TPSA) is 83.8 Å². The Hall–Kier alpha value is -2.60. The summed E-state index contributed by atoms with van der Waals surface area (Å²) in [5, 5.41) is 15.7. The van der Waals surface area contributed by atoms with Gasteiger partial charge in [0.25, 0.3) is 0 Å². The summed E-state index contributed by atoms with van der Waals surface area (Å²) in [6, 6.07) is 8.65. The molecule has 2 aromatic heterocycles. The van der Waals surface area contributed by atoms with Crippen LogP contribution >= 0.6 is 11.6 Å². The Labute approximate surface area is 131 Å². The van der Waals surface area contributed by atoms with Crippen molar-refractivity contribution in [3.8, 4) is 0 Å². The number of nitro groups is 1. The van der Waals surface area contributed by atoms with Gasteiger partial charge in [-0.3, -0.25) is 10.1 Å². The number of rotatable bonds is 5. The van der Waals surface area contributed by atoms with Crippen molar-refractivity contribution in [2.24, 2.45) is 0 Å². The molecular weight excluding hydrogens is 304 g/mol. The molecule has 0 radical (unpaired) electrons. The van der Waals surface area contributed by atoms with Crippen molar-refractivity contribution < 1.29 is 4.92 Å². The largest absolute Gasteiger partial charge is 0.364 e. The van der Waals surface area contributed by atoms with Gasteiger partial charge in [0.1, 0.15) is 0 Å². The van der Waals surface area contributed by atoms with E-state index < -0.39 is 4.92 Å². The van der Waals surface area contributed by atoms with E-state index in [0.29, 0.717) is 18.0 Å². The fourth-order valence-electron chi connectivity index (χ4n) is 2.35. The lowest BCUT2D eigenvalue weighted by Crippen LogP contribution is -2.08. The van der Waals surface area contributed by atoms with Crippen LogP contribution in [0.2, 0.25) is 5.02 Å². The monoisotopic (exact) mass is 316 g/mol. The average molecular weight is 317 g/mol. The minimum absolute atomic E-state index is 0.0236. The Balaban J connectivity index is 1.73. The van der Waals surface area contributed by atoms with Crippen molar-refractivity contribution in [1.82, 2.24) is 9.97 Å². The van der Waals surface area contributed by atoms with Gasteiger partial charge in [0.05, 0.1) is 4.92 Å². The lowest BCUT2D eigenvalue weighted by atomic mass is 10.1. The van der Waals surface area contributed by atoms with Crippen molar-refractivity contribution >= 4 is 34.0 Å². The van der Waals surface area contributed by atoms with Gasteiger partial charge in [-0.15, -0.1) is 0 Å². The van der Waals surface area contributed by atoms with Gasteiger partial charge < -0.3 is 10.3 Å². The molecule has 0 atom stereocenters. The molecule has 7 heteroatoms. The standard InChI is InChI=1S/C15H13ClN4O2/c16-11-3-4-13-12(8-11)10(9-19-13)5-7-18-15-14(20(21)22)2-1-6-17-15/h1-4,6,8-9,19H,5,7H2,(H,17,18). The van der Waals surface area contributed by atoms with Gasteiger partial charge in [0.15, 0.2) is 0 Å². The molecule has 0 amide bonds. The molecule has 3 rings (SSSR count). The molecule has 3 aromatic rings. The maximum Gasteiger partial charge on any atom is 0.311 e. The zero-order chi connectivity index (χ0) is 15.5. The number of hydrogen-bond donors (Lipinski definition) is 2. The van der Waals surface area contributed by atoms with Crippen LogP contribution in [-0.2, 0) is 6.42 Å². The molecule has 112 valence electrons. The van der Waals surface area contributed by atoms with E-state index in [9.17, 15) is 10.1 Å². The molecule has 22 heavy (non-hydrogen) atoms. The third-order valence-corrected chi connectivity index (χ3v) is 3.63. The molecule has 0 aliphatic carbocycles. The first-order valence-electron chi connectivity index (χ1n) is 6.74. The Morgan fingerprint density at radius 3 is 3.05 bits per heavy atom. The predicted molar refractivity (Wildman–Crippen MR) is 86.4 cm³/mol. The first-order valence-corrected chi connectivity index (χ1v) is 7.12. The third-order valence-electron chi connectivity index (χ3n) is 3.40. The second-order valence-electron chi connectivity index (χ2n) is 4.81. The fraction of sp³-hybridized carbons (Fsp3) is 0.133. The van der Waals surface area contributed by atoms with E-state index >= 15 is 0 Å². The Morgan fingerprint density at radius 1 is 1.36 bits per heavy atom. The second-order valence-corrected chi connectivity index (χ2v) is 5.25. The van der Waals surface area contributed by atoms with Crippen LogP contribution < -0.4 is 5.32 Å². The molecular formula is C15H13ClN4O2. The number of H-pyrrole nitrogens is 1. The van der Waals surface area contributed by atoms with E-state index in [1.807, 2.05) is 24.4 Å². The highest BCUT2D eigenvalue weighted by Gasteiger charge is 2.13. The van der Waals surface area contributed by atoms with Crippen molar-refractivity contribution in [2.45, 2.75) is 6.42 Å². The molecule has 2 heterocycles. The van der Waals surface area contributed by atoms with Crippen LogP contribution in [0.5, 0.6) is 0 Å². The van der Waals surface area contributed by atoms with Crippen molar-refractivity contribution in [2.75, 3.05) is 11.9 Å². The van der Waals surface area contributed by atoms with E-state index in [1.54, 1.807) is 6.07 Å². The number of halogens is 1. The van der Waals surface area contributed by atoms with Gasteiger partial charge in [-0.25, -0.2) is 4.98 Å². The molecule has 0 spiro atoms. The summed E-state index contributed by atoms with van der Waals surface area (Å²) in [7, 11) is 0. The molecule has 0 fully saturated rings. The number of aromatic amines is 1. The van der Waals surface area contributed by atoms with Crippen LogP contribution in [0.25, 0.3) is 10.9 Å². The third kappa shape index (κ3) is 2.87. The zero-order valence-electron chi connectivity index (χ0n) is 11.5. The first kappa shape index (κ1) is 14.3. The Bertz CT molecular complexity index is 831. The number of anilines is 1. The number of hydrogen-bond acceptors (Lipinski definition) is 4. The van der Waals surface area contributed by atoms with Crippen LogP contribution in [0.3, 0.4) is 0 Å². The minimum Gasteiger partial charge on any atom is -0.364 e. The SMILES string of the molecule is O=[N+]([O-])c1cccnc1NCCc1c[nH]c2ccc(Cl)cc12. The maximum atomic E-state index is 10.9. The summed E-state index contributed by atoms with van der Waals surface area (Å²) >= 11 is 6.02. The lowest BCUT2D eigenvalue weighted by molar-refractivity contribution is -0.384. The van der Waals surface area contributed by atoms with Crippen LogP contribution in [0, 0.1) is 10.1 Å². The summed E-state index contributed by atoms with van der Waals surface area (Å²) in [6.45, 7) is 0.539. The van der Waals surface area contributed by atoms with E-state index in [4.69, 9.17) is 11.6 Å². The van der Waals surface area contributed by atoms with Crippen LogP contribution in [0.15, 0.2) is 42.7 Å². The van der Waals surface area contributed by atoms with Crippen molar-refractivity contribution in [1.29, 1.82) is 0 Å². The van der Waals surface area contributed by atoms with E-state index in [2.05, 4.69) is 15.3 Å². The van der Waals surface area contributed by atoms with E-state index in [0.717, 1.165) is 16.5 Å². The molecule has 0 saturated carbocycles. The predicted octanol–water partition coefficient (Wildman–Crippen LogP) is 3.78. The van der Waals surface area contributed by atoms with Gasteiger partial charge in [-0.1, -0.05) is 11.6 Å². The number of nitrogens with zero attached hydrogens (tertiary/aromatic N) is 2. The number of fused-ring (bicyclic) bond motifs is 1. The Morgan fingerprint density at radius 2 is 2.23 bits per heavy atom. The average Bonchev–Trinajstić information content (AvgIpc) is 2.90. The van der Waals surface area contributed by atoms with Gasteiger partial charge in [-0.2, -0.15) is 0 Å². The second kappa shape index (κ2) is 6.03. The zero-order valence-corrected chi connectivity index (χ0v) is 12.3. The van der Waals surface area contributed by atoms with Gasteiger partial charge >= 0.3 is 5.69 Å². The highest BCUT2D eigenvalue weighted by atomic mass is 35.5. The Kier molecular flexibility index (Phi) is 3.93. The molecule has 0 saturated heterocycles. The highest BCUT2D eigenvalue weighted by Crippen LogP contribution is 2.24. The normalized spacial score (nSPS) is 10.8. The fourth-order valence-corrected chi connectivity index (χ4v) is 2.53. The van der Waals surface area contributed by atoms with Crippen molar-refractivity contribution in [3.63, 3.8) is 0 Å². The summed E-state index contributed by atoms with van der Waals surface area (Å²) in [6.07, 6.45) is 4.16. The lowest BCUT2D eigenvalue weighted by Gasteiger charge is -2.05. The summed E-state index contributed by atoms with van der Waals surface area (Å²) in [5.74, 6) is 0.283.